The molecular weight excluding hydrogens is 200 g/mol. The molecule has 0 bridgehead atoms. The molecule has 0 aliphatic heterocycles. The van der Waals surface area contributed by atoms with E-state index in [1.807, 2.05) is 17.8 Å². The first-order valence-corrected chi connectivity index (χ1v) is 6.23. The highest BCUT2D eigenvalue weighted by atomic mass is 16.3. The zero-order valence-corrected chi connectivity index (χ0v) is 10.5. The zero-order chi connectivity index (χ0) is 11.8. The fourth-order valence-corrected chi connectivity index (χ4v) is 2.82. The maximum Gasteiger partial charge on any atom is 0.140 e. The first kappa shape index (κ1) is 11.6. The molecule has 1 aliphatic rings. The lowest BCUT2D eigenvalue weighted by molar-refractivity contribution is -0.0294. The summed E-state index contributed by atoms with van der Waals surface area (Å²) in [6.07, 6.45) is 7.59. The molecule has 0 radical (unpaired) electrons. The highest BCUT2D eigenvalue weighted by Gasteiger charge is 2.38. The van der Waals surface area contributed by atoms with Crippen molar-refractivity contribution in [2.75, 3.05) is 0 Å². The van der Waals surface area contributed by atoms with Gasteiger partial charge in [0, 0.05) is 19.4 Å². The molecule has 0 spiro atoms. The standard InChI is InChI=1S/C13H22N2O/c1-10(2)11-4-6-13(16,7-5-11)12-14-8-9-15(12)3/h8-11,16H,4-7H2,1-3H3. The summed E-state index contributed by atoms with van der Waals surface area (Å²) in [4.78, 5) is 4.29. The first-order chi connectivity index (χ1) is 7.53. The molecule has 90 valence electrons. The van der Waals surface area contributed by atoms with E-state index in [9.17, 15) is 5.11 Å². The minimum Gasteiger partial charge on any atom is -0.382 e. The van der Waals surface area contributed by atoms with E-state index < -0.39 is 5.60 Å². The third-order valence-electron chi connectivity index (χ3n) is 4.04. The number of hydrogen-bond donors (Lipinski definition) is 1. The molecule has 0 unspecified atom stereocenters. The highest BCUT2D eigenvalue weighted by Crippen LogP contribution is 2.40. The molecule has 0 saturated heterocycles. The predicted molar refractivity (Wildman–Crippen MR) is 63.9 cm³/mol. The lowest BCUT2D eigenvalue weighted by Gasteiger charge is -2.36. The van der Waals surface area contributed by atoms with Crippen LogP contribution < -0.4 is 0 Å². The molecule has 1 heterocycles. The minimum atomic E-state index is -0.691. The lowest BCUT2D eigenvalue weighted by Crippen LogP contribution is -2.35. The smallest absolute Gasteiger partial charge is 0.140 e. The average Bonchev–Trinajstić information content (AvgIpc) is 2.66. The van der Waals surface area contributed by atoms with E-state index in [1.54, 1.807) is 6.20 Å². The van der Waals surface area contributed by atoms with Gasteiger partial charge in [0.2, 0.25) is 0 Å². The second kappa shape index (κ2) is 4.21. The molecule has 1 aliphatic carbocycles. The quantitative estimate of drug-likeness (QED) is 0.834. The molecule has 1 N–H and O–H groups in total. The molecule has 3 heteroatoms. The summed E-state index contributed by atoms with van der Waals surface area (Å²) in [5.41, 5.74) is -0.691. The summed E-state index contributed by atoms with van der Waals surface area (Å²) < 4.78 is 1.94. The molecule has 2 rings (SSSR count). The van der Waals surface area contributed by atoms with E-state index in [0.717, 1.165) is 43.3 Å². The summed E-state index contributed by atoms with van der Waals surface area (Å²) >= 11 is 0. The van der Waals surface area contributed by atoms with E-state index in [-0.39, 0.29) is 0 Å². The number of nitrogens with zero attached hydrogens (tertiary/aromatic N) is 2. The van der Waals surface area contributed by atoms with Gasteiger partial charge in [-0.2, -0.15) is 0 Å². The predicted octanol–water partition coefficient (Wildman–Crippen LogP) is 2.45. The van der Waals surface area contributed by atoms with Crippen LogP contribution in [0.2, 0.25) is 0 Å². The average molecular weight is 222 g/mol. The van der Waals surface area contributed by atoms with Crippen molar-refractivity contribution in [3.8, 4) is 0 Å². The van der Waals surface area contributed by atoms with Gasteiger partial charge in [-0.05, 0) is 37.5 Å². The lowest BCUT2D eigenvalue weighted by atomic mass is 9.74. The molecule has 1 saturated carbocycles. The maximum absolute atomic E-state index is 10.6. The van der Waals surface area contributed by atoms with Crippen LogP contribution in [0.25, 0.3) is 0 Å². The largest absolute Gasteiger partial charge is 0.382 e. The van der Waals surface area contributed by atoms with Crippen molar-refractivity contribution in [1.82, 2.24) is 9.55 Å². The van der Waals surface area contributed by atoms with Crippen molar-refractivity contribution in [3.63, 3.8) is 0 Å². The Morgan fingerprint density at radius 2 is 2.06 bits per heavy atom. The fraction of sp³-hybridized carbons (Fsp3) is 0.769. The normalized spacial score (nSPS) is 30.9. The Morgan fingerprint density at radius 3 is 2.50 bits per heavy atom. The topological polar surface area (TPSA) is 38.1 Å². The monoisotopic (exact) mass is 222 g/mol. The second-order valence-corrected chi connectivity index (χ2v) is 5.47. The van der Waals surface area contributed by atoms with Gasteiger partial charge >= 0.3 is 0 Å². The van der Waals surface area contributed by atoms with Crippen molar-refractivity contribution < 1.29 is 5.11 Å². The van der Waals surface area contributed by atoms with Crippen LogP contribution in [-0.2, 0) is 12.6 Å². The summed E-state index contributed by atoms with van der Waals surface area (Å²) in [5, 5.41) is 10.6. The Labute approximate surface area is 97.5 Å². The molecule has 1 aromatic rings. The molecular formula is C13H22N2O. The molecule has 0 amide bonds. The zero-order valence-electron chi connectivity index (χ0n) is 10.5. The number of imidazole rings is 1. The Hall–Kier alpha value is -0.830. The van der Waals surface area contributed by atoms with Crippen molar-refractivity contribution in [2.45, 2.75) is 45.1 Å². The minimum absolute atomic E-state index is 0.691. The van der Waals surface area contributed by atoms with E-state index in [0.29, 0.717) is 0 Å². The van der Waals surface area contributed by atoms with Gasteiger partial charge < -0.3 is 9.67 Å². The van der Waals surface area contributed by atoms with Crippen LogP contribution in [0.5, 0.6) is 0 Å². The van der Waals surface area contributed by atoms with Gasteiger partial charge in [-0.25, -0.2) is 4.98 Å². The van der Waals surface area contributed by atoms with Crippen molar-refractivity contribution >= 4 is 0 Å². The van der Waals surface area contributed by atoms with Gasteiger partial charge in [-0.15, -0.1) is 0 Å². The van der Waals surface area contributed by atoms with Crippen molar-refractivity contribution in [1.29, 1.82) is 0 Å². The van der Waals surface area contributed by atoms with Gasteiger partial charge in [0.15, 0.2) is 0 Å². The Kier molecular flexibility index (Phi) is 3.06. The van der Waals surface area contributed by atoms with Crippen LogP contribution in [0, 0.1) is 11.8 Å². The van der Waals surface area contributed by atoms with Gasteiger partial charge in [0.05, 0.1) is 0 Å². The molecule has 3 nitrogen and oxygen atoms in total. The van der Waals surface area contributed by atoms with Gasteiger partial charge in [-0.1, -0.05) is 13.8 Å². The Balaban J connectivity index is 2.10. The van der Waals surface area contributed by atoms with E-state index >= 15 is 0 Å². The summed E-state index contributed by atoms with van der Waals surface area (Å²) in [6, 6.07) is 0. The molecule has 1 fully saturated rings. The maximum atomic E-state index is 10.6. The van der Waals surface area contributed by atoms with Crippen LogP contribution in [0.15, 0.2) is 12.4 Å². The second-order valence-electron chi connectivity index (χ2n) is 5.47. The third-order valence-corrected chi connectivity index (χ3v) is 4.04. The van der Waals surface area contributed by atoms with Gasteiger partial charge in [0.25, 0.3) is 0 Å². The summed E-state index contributed by atoms with van der Waals surface area (Å²) in [5.74, 6) is 2.32. The summed E-state index contributed by atoms with van der Waals surface area (Å²) in [6.45, 7) is 4.55. The van der Waals surface area contributed by atoms with Crippen LogP contribution in [0.4, 0.5) is 0 Å². The van der Waals surface area contributed by atoms with Gasteiger partial charge in [-0.3, -0.25) is 0 Å². The van der Waals surface area contributed by atoms with E-state index in [1.165, 1.54) is 0 Å². The number of aryl methyl sites for hydroxylation is 1. The highest BCUT2D eigenvalue weighted by molar-refractivity contribution is 5.06. The first-order valence-electron chi connectivity index (χ1n) is 6.23. The Morgan fingerprint density at radius 1 is 1.44 bits per heavy atom. The van der Waals surface area contributed by atoms with Crippen LogP contribution >= 0.6 is 0 Å². The van der Waals surface area contributed by atoms with Crippen molar-refractivity contribution in [3.05, 3.63) is 18.2 Å². The van der Waals surface area contributed by atoms with E-state index in [2.05, 4.69) is 18.8 Å². The number of aliphatic hydroxyl groups is 1. The molecule has 1 aromatic heterocycles. The molecule has 0 atom stereocenters. The molecule has 0 aromatic carbocycles. The Bertz CT molecular complexity index is 349. The number of rotatable bonds is 2. The van der Waals surface area contributed by atoms with Crippen LogP contribution in [0.3, 0.4) is 0 Å². The SMILES string of the molecule is CC(C)C1CCC(O)(c2nccn2C)CC1. The van der Waals surface area contributed by atoms with Crippen molar-refractivity contribution in [2.24, 2.45) is 18.9 Å². The van der Waals surface area contributed by atoms with Gasteiger partial charge in [0.1, 0.15) is 11.4 Å². The van der Waals surface area contributed by atoms with Crippen LogP contribution in [-0.4, -0.2) is 14.7 Å². The third kappa shape index (κ3) is 2.01. The number of aromatic nitrogens is 2. The summed E-state index contributed by atoms with van der Waals surface area (Å²) in [7, 11) is 1.95. The molecule has 16 heavy (non-hydrogen) atoms. The number of hydrogen-bond acceptors (Lipinski definition) is 2. The van der Waals surface area contributed by atoms with Crippen LogP contribution in [0.1, 0.15) is 45.4 Å². The van der Waals surface area contributed by atoms with E-state index in [4.69, 9.17) is 0 Å². The fourth-order valence-electron chi connectivity index (χ4n) is 2.82.